The van der Waals surface area contributed by atoms with Gasteiger partial charge in [-0.15, -0.1) is 11.8 Å². The zero-order valence-corrected chi connectivity index (χ0v) is 25.6. The molecule has 1 N–H and O–H groups in total. The largest absolute Gasteiger partial charge is 0.478 e. The van der Waals surface area contributed by atoms with Gasteiger partial charge in [0, 0.05) is 30.1 Å². The lowest BCUT2D eigenvalue weighted by molar-refractivity contribution is -0.137. The number of unbranched alkanes of at least 4 members (excludes halogenated alkanes) is 1. The molecule has 2 atom stereocenters. The molecule has 0 spiro atoms. The van der Waals surface area contributed by atoms with E-state index in [1.165, 1.54) is 12.1 Å². The fraction of sp³-hybridized carbons (Fsp3) is 0.371. The molecule has 0 saturated heterocycles. The van der Waals surface area contributed by atoms with Gasteiger partial charge in [0.05, 0.1) is 16.2 Å². The summed E-state index contributed by atoms with van der Waals surface area (Å²) < 4.78 is 39.0. The second-order valence-electron chi connectivity index (χ2n) is 11.2. The van der Waals surface area contributed by atoms with Gasteiger partial charge in [-0.3, -0.25) is 14.6 Å². The number of thioether (sulfide) groups is 1. The molecule has 1 heterocycles. The smallest absolute Gasteiger partial charge is 0.416 e. The Morgan fingerprint density at radius 3 is 2.39 bits per heavy atom. The molecule has 0 aliphatic carbocycles. The van der Waals surface area contributed by atoms with Crippen LogP contribution < -0.4 is 0 Å². The Bertz CT molecular complexity index is 1530. The van der Waals surface area contributed by atoms with Crippen LogP contribution in [0.3, 0.4) is 0 Å². The van der Waals surface area contributed by atoms with E-state index in [2.05, 4.69) is 6.92 Å². The second kappa shape index (κ2) is 14.8. The van der Waals surface area contributed by atoms with E-state index in [4.69, 9.17) is 4.99 Å². The molecule has 4 rings (SSSR count). The zero-order chi connectivity index (χ0) is 31.9. The number of ketones is 2. The number of carbonyl (C=O) groups excluding carboxylic acids is 2. The van der Waals surface area contributed by atoms with Gasteiger partial charge in [-0.2, -0.15) is 13.2 Å². The lowest BCUT2D eigenvalue weighted by atomic mass is 9.93. The van der Waals surface area contributed by atoms with E-state index in [0.29, 0.717) is 40.8 Å². The maximum atomic E-state index is 13.2. The molecule has 232 valence electrons. The van der Waals surface area contributed by atoms with Crippen LogP contribution in [0.5, 0.6) is 0 Å². The number of rotatable bonds is 14. The second-order valence-corrected chi connectivity index (χ2v) is 12.2. The van der Waals surface area contributed by atoms with Gasteiger partial charge in [0.25, 0.3) is 0 Å². The fourth-order valence-corrected chi connectivity index (χ4v) is 6.76. The number of Topliss-reactive ketones (excluding diaryl/α,β-unsaturated/α-hetero) is 2. The normalized spacial score (nSPS) is 15.6. The molecule has 0 fully saturated rings. The first kappa shape index (κ1) is 33.2. The Labute approximate surface area is 260 Å². The minimum atomic E-state index is -4.42. The van der Waals surface area contributed by atoms with Crippen LogP contribution in [0.25, 0.3) is 11.1 Å². The third-order valence-electron chi connectivity index (χ3n) is 7.85. The van der Waals surface area contributed by atoms with Crippen LogP contribution in [0.4, 0.5) is 13.2 Å². The van der Waals surface area contributed by atoms with Crippen molar-refractivity contribution in [3.63, 3.8) is 0 Å². The molecule has 5 nitrogen and oxygen atoms in total. The SMILES string of the molecule is CCCC(CCCCC(=O)c1ccccc1-c1ccc(C(F)(F)F)cc1)C1=NC(C(=O)Cc2ccc(C)cc2C(=O)O)CS1. The van der Waals surface area contributed by atoms with Crippen molar-refractivity contribution in [3.05, 3.63) is 94.5 Å². The number of carboxylic acids is 1. The maximum Gasteiger partial charge on any atom is 0.416 e. The van der Waals surface area contributed by atoms with E-state index in [1.54, 1.807) is 48.2 Å². The first-order valence-electron chi connectivity index (χ1n) is 14.8. The number of nitrogens with zero attached hydrogens (tertiary/aromatic N) is 1. The van der Waals surface area contributed by atoms with E-state index >= 15 is 0 Å². The molecule has 0 aromatic heterocycles. The average molecular weight is 624 g/mol. The third-order valence-corrected chi connectivity index (χ3v) is 9.06. The summed E-state index contributed by atoms with van der Waals surface area (Å²) in [5, 5.41) is 10.5. The van der Waals surface area contributed by atoms with Crippen molar-refractivity contribution in [1.29, 1.82) is 0 Å². The summed E-state index contributed by atoms with van der Waals surface area (Å²) in [5.74, 6) is -0.464. The molecule has 2 unspecified atom stereocenters. The van der Waals surface area contributed by atoms with E-state index < -0.39 is 23.8 Å². The van der Waals surface area contributed by atoms with Crippen LogP contribution in [0.2, 0.25) is 0 Å². The van der Waals surface area contributed by atoms with E-state index in [-0.39, 0.29) is 29.5 Å². The Morgan fingerprint density at radius 1 is 0.977 bits per heavy atom. The number of carbonyl (C=O) groups is 3. The summed E-state index contributed by atoms with van der Waals surface area (Å²) in [5.41, 5.74) is 2.41. The fourth-order valence-electron chi connectivity index (χ4n) is 5.50. The van der Waals surface area contributed by atoms with E-state index in [9.17, 15) is 32.7 Å². The monoisotopic (exact) mass is 623 g/mol. The van der Waals surface area contributed by atoms with Crippen molar-refractivity contribution in [1.82, 2.24) is 0 Å². The summed E-state index contributed by atoms with van der Waals surface area (Å²) in [6, 6.07) is 16.4. The number of carboxylic acid groups (broad SMARTS) is 1. The van der Waals surface area contributed by atoms with Crippen LogP contribution in [0, 0.1) is 12.8 Å². The molecule has 0 saturated carbocycles. The van der Waals surface area contributed by atoms with Gasteiger partial charge in [0.15, 0.2) is 11.6 Å². The number of aryl methyl sites for hydroxylation is 1. The minimum absolute atomic E-state index is 0.0262. The van der Waals surface area contributed by atoms with Crippen molar-refractivity contribution in [2.75, 3.05) is 5.75 Å². The predicted octanol–water partition coefficient (Wildman–Crippen LogP) is 8.86. The molecule has 0 radical (unpaired) electrons. The van der Waals surface area contributed by atoms with Gasteiger partial charge in [0.1, 0.15) is 6.04 Å². The predicted molar refractivity (Wildman–Crippen MR) is 169 cm³/mol. The summed E-state index contributed by atoms with van der Waals surface area (Å²) in [4.78, 5) is 42.7. The summed E-state index contributed by atoms with van der Waals surface area (Å²) in [6.07, 6.45) is 0.0737. The first-order valence-corrected chi connectivity index (χ1v) is 15.8. The Morgan fingerprint density at radius 2 is 1.70 bits per heavy atom. The average Bonchev–Trinajstić information content (AvgIpc) is 3.49. The Hall–Kier alpha value is -3.72. The molecule has 1 aliphatic rings. The van der Waals surface area contributed by atoms with Crippen molar-refractivity contribution in [2.24, 2.45) is 10.9 Å². The summed E-state index contributed by atoms with van der Waals surface area (Å²) in [6.45, 7) is 3.91. The molecule has 0 amide bonds. The standard InChI is InChI=1S/C35H36F3NO4S/c1-3-8-24(33-39-30(21-44-33)32(41)20-25-14-13-22(2)19-29(25)34(42)43)9-4-7-12-31(40)28-11-6-5-10-27(28)23-15-17-26(18-16-23)35(36,37)38/h5-6,10-11,13-19,24,30H,3-4,7-9,12,20-21H2,1-2H3,(H,42,43). The highest BCUT2D eigenvalue weighted by Gasteiger charge is 2.31. The summed E-state index contributed by atoms with van der Waals surface area (Å²) in [7, 11) is 0. The maximum absolute atomic E-state index is 13.2. The van der Waals surface area contributed by atoms with E-state index in [0.717, 1.165) is 48.4 Å². The van der Waals surface area contributed by atoms with Gasteiger partial charge < -0.3 is 5.11 Å². The summed E-state index contributed by atoms with van der Waals surface area (Å²) >= 11 is 1.59. The molecular formula is C35H36F3NO4S. The lowest BCUT2D eigenvalue weighted by Crippen LogP contribution is -2.22. The molecule has 9 heteroatoms. The van der Waals surface area contributed by atoms with Crippen molar-refractivity contribution >= 4 is 34.3 Å². The highest BCUT2D eigenvalue weighted by atomic mass is 32.2. The van der Waals surface area contributed by atoms with Gasteiger partial charge in [-0.25, -0.2) is 4.79 Å². The Kier molecular flexibility index (Phi) is 11.2. The highest BCUT2D eigenvalue weighted by Crippen LogP contribution is 2.33. The van der Waals surface area contributed by atoms with Gasteiger partial charge in [0.2, 0.25) is 0 Å². The number of alkyl halides is 3. The van der Waals surface area contributed by atoms with Crippen LogP contribution in [-0.2, 0) is 17.4 Å². The minimum Gasteiger partial charge on any atom is -0.478 e. The van der Waals surface area contributed by atoms with Crippen molar-refractivity contribution < 1.29 is 32.7 Å². The highest BCUT2D eigenvalue weighted by molar-refractivity contribution is 8.14. The number of aromatic carboxylic acids is 1. The van der Waals surface area contributed by atoms with Crippen molar-refractivity contribution in [2.45, 2.75) is 71.0 Å². The third kappa shape index (κ3) is 8.46. The zero-order valence-electron chi connectivity index (χ0n) is 24.8. The van der Waals surface area contributed by atoms with Crippen molar-refractivity contribution in [3.8, 4) is 11.1 Å². The first-order chi connectivity index (χ1) is 21.0. The topological polar surface area (TPSA) is 83.8 Å². The molecule has 0 bridgehead atoms. The molecule has 3 aromatic rings. The van der Waals surface area contributed by atoms with Crippen LogP contribution >= 0.6 is 11.8 Å². The Balaban J connectivity index is 1.34. The van der Waals surface area contributed by atoms with Crippen LogP contribution in [0.1, 0.15) is 82.9 Å². The number of halogens is 3. The molecule has 44 heavy (non-hydrogen) atoms. The molecule has 1 aliphatic heterocycles. The van der Waals surface area contributed by atoms with Gasteiger partial charge in [-0.1, -0.05) is 73.9 Å². The number of aliphatic imine (C=N–C) groups is 1. The number of hydrogen-bond donors (Lipinski definition) is 1. The lowest BCUT2D eigenvalue weighted by Gasteiger charge is -2.15. The van der Waals surface area contributed by atoms with Gasteiger partial charge >= 0.3 is 12.1 Å². The van der Waals surface area contributed by atoms with Gasteiger partial charge in [-0.05, 0) is 61.1 Å². The molecular weight excluding hydrogens is 587 g/mol. The van der Waals surface area contributed by atoms with Crippen LogP contribution in [0.15, 0.2) is 71.7 Å². The number of benzene rings is 3. The quantitative estimate of drug-likeness (QED) is 0.143. The number of hydrogen-bond acceptors (Lipinski definition) is 5. The van der Waals surface area contributed by atoms with Crippen LogP contribution in [-0.4, -0.2) is 39.5 Å². The van der Waals surface area contributed by atoms with E-state index in [1.807, 2.05) is 13.0 Å². The molecule has 3 aromatic carbocycles.